The lowest BCUT2D eigenvalue weighted by atomic mass is 10.1. The quantitative estimate of drug-likeness (QED) is 0.858. The number of rotatable bonds is 4. The molecule has 0 atom stereocenters. The number of likely N-dealkylation sites (tertiary alicyclic amines) is 1. The van der Waals surface area contributed by atoms with Crippen LogP contribution in [0.4, 0.5) is 13.2 Å². The maximum absolute atomic E-state index is 12.5. The molecule has 1 saturated carbocycles. The number of carbonyl (C=O) groups excluding carboxylic acids is 1. The van der Waals surface area contributed by atoms with Crippen molar-refractivity contribution >= 4 is 5.91 Å². The van der Waals surface area contributed by atoms with E-state index in [1.54, 1.807) is 4.90 Å². The molecule has 1 aromatic rings. The normalized spacial score (nSPS) is 19.3. The van der Waals surface area contributed by atoms with Crippen LogP contribution in [0, 0.1) is 5.92 Å². The topological polar surface area (TPSA) is 42.4 Å². The Morgan fingerprint density at radius 1 is 1.38 bits per heavy atom. The molecule has 0 spiro atoms. The van der Waals surface area contributed by atoms with Crippen LogP contribution in [0.15, 0.2) is 18.3 Å². The van der Waals surface area contributed by atoms with Crippen molar-refractivity contribution in [1.82, 2.24) is 9.88 Å². The Kier molecular flexibility index (Phi) is 3.51. The molecule has 7 heteroatoms. The van der Waals surface area contributed by atoms with Crippen LogP contribution in [-0.2, 0) is 11.0 Å². The lowest BCUT2D eigenvalue weighted by molar-refractivity contribution is -0.141. The maximum atomic E-state index is 12.5. The van der Waals surface area contributed by atoms with Gasteiger partial charge in [0.15, 0.2) is 0 Å². The number of amides is 1. The van der Waals surface area contributed by atoms with E-state index in [2.05, 4.69) is 4.98 Å². The zero-order valence-electron chi connectivity index (χ0n) is 11.3. The van der Waals surface area contributed by atoms with Crippen LogP contribution in [-0.4, -0.2) is 35.0 Å². The summed E-state index contributed by atoms with van der Waals surface area (Å²) in [6, 6.07) is 2.28. The van der Waals surface area contributed by atoms with Gasteiger partial charge in [0.05, 0.1) is 13.1 Å². The molecule has 2 heterocycles. The second-order valence-corrected chi connectivity index (χ2v) is 5.56. The zero-order valence-corrected chi connectivity index (χ0v) is 11.3. The van der Waals surface area contributed by atoms with Crippen LogP contribution < -0.4 is 4.74 Å². The number of halogens is 3. The molecule has 21 heavy (non-hydrogen) atoms. The summed E-state index contributed by atoms with van der Waals surface area (Å²) in [4.78, 5) is 16.7. The molecule has 1 aliphatic heterocycles. The number of nitrogens with zero attached hydrogens (tertiary/aromatic N) is 2. The van der Waals surface area contributed by atoms with Gasteiger partial charge in [-0.3, -0.25) is 9.78 Å². The highest BCUT2D eigenvalue weighted by Crippen LogP contribution is 2.34. The first-order chi connectivity index (χ1) is 9.91. The Hall–Kier alpha value is -1.79. The minimum Gasteiger partial charge on any atom is -0.487 e. The molecule has 1 aliphatic carbocycles. The molecule has 1 amide bonds. The highest BCUT2D eigenvalue weighted by atomic mass is 19.4. The average Bonchev–Trinajstić information content (AvgIpc) is 3.16. The molecule has 0 bridgehead atoms. The molecule has 4 nitrogen and oxygen atoms in total. The van der Waals surface area contributed by atoms with Gasteiger partial charge in [-0.1, -0.05) is 0 Å². The summed E-state index contributed by atoms with van der Waals surface area (Å²) in [5, 5.41) is 0. The predicted molar refractivity (Wildman–Crippen MR) is 67.6 cm³/mol. The highest BCUT2D eigenvalue weighted by molar-refractivity contribution is 5.77. The largest absolute Gasteiger partial charge is 0.487 e. The van der Waals surface area contributed by atoms with Crippen LogP contribution in [0.25, 0.3) is 0 Å². The summed E-state index contributed by atoms with van der Waals surface area (Å²) >= 11 is 0. The molecule has 0 radical (unpaired) electrons. The molecule has 2 aliphatic rings. The van der Waals surface area contributed by atoms with E-state index in [-0.39, 0.29) is 17.8 Å². The SMILES string of the molecule is O=C(CC1CC1)N1CC(Oc2ccnc(C(F)(F)F)c2)C1. The first-order valence-electron chi connectivity index (χ1n) is 6.89. The minimum atomic E-state index is -4.48. The fourth-order valence-electron chi connectivity index (χ4n) is 2.25. The van der Waals surface area contributed by atoms with Crippen LogP contribution in [0.1, 0.15) is 25.0 Å². The summed E-state index contributed by atoms with van der Waals surface area (Å²) in [5.74, 6) is 0.784. The summed E-state index contributed by atoms with van der Waals surface area (Å²) in [6.07, 6.45) is -0.817. The second-order valence-electron chi connectivity index (χ2n) is 5.56. The van der Waals surface area contributed by atoms with Crippen molar-refractivity contribution in [3.05, 3.63) is 24.0 Å². The average molecular weight is 300 g/mol. The number of alkyl halides is 3. The van der Waals surface area contributed by atoms with Gasteiger partial charge >= 0.3 is 6.18 Å². The number of aromatic nitrogens is 1. The van der Waals surface area contributed by atoms with Crippen molar-refractivity contribution in [1.29, 1.82) is 0 Å². The third-order valence-electron chi connectivity index (χ3n) is 3.69. The summed E-state index contributed by atoms with van der Waals surface area (Å²) < 4.78 is 43.0. The maximum Gasteiger partial charge on any atom is 0.433 e. The van der Waals surface area contributed by atoms with Gasteiger partial charge in [0.25, 0.3) is 0 Å². The van der Waals surface area contributed by atoms with Gasteiger partial charge < -0.3 is 9.64 Å². The Labute approximate surface area is 119 Å². The lowest BCUT2D eigenvalue weighted by Crippen LogP contribution is -2.56. The van der Waals surface area contributed by atoms with Crippen LogP contribution in [0.5, 0.6) is 5.75 Å². The third-order valence-corrected chi connectivity index (χ3v) is 3.69. The Morgan fingerprint density at radius 2 is 2.10 bits per heavy atom. The van der Waals surface area contributed by atoms with Crippen molar-refractivity contribution in [2.45, 2.75) is 31.5 Å². The van der Waals surface area contributed by atoms with Crippen molar-refractivity contribution in [2.75, 3.05) is 13.1 Å². The summed E-state index contributed by atoms with van der Waals surface area (Å²) in [6.45, 7) is 0.879. The standard InChI is InChI=1S/C14H15F3N2O2/c15-14(16,17)12-6-10(3-4-18-12)21-11-7-19(8-11)13(20)5-9-1-2-9/h3-4,6,9,11H,1-2,5,7-8H2. The molecule has 1 saturated heterocycles. The van der Waals surface area contributed by atoms with Crippen molar-refractivity contribution < 1.29 is 22.7 Å². The molecule has 0 unspecified atom stereocenters. The molecule has 0 aromatic carbocycles. The van der Waals surface area contributed by atoms with Crippen molar-refractivity contribution in [3.63, 3.8) is 0 Å². The molecular weight excluding hydrogens is 285 g/mol. The second kappa shape index (κ2) is 5.20. The summed E-state index contributed by atoms with van der Waals surface area (Å²) in [7, 11) is 0. The Bertz CT molecular complexity index is 537. The Morgan fingerprint density at radius 3 is 2.71 bits per heavy atom. The van der Waals surface area contributed by atoms with Gasteiger partial charge in [-0.05, 0) is 24.8 Å². The predicted octanol–water partition coefficient (Wildman–Crippen LogP) is 2.49. The van der Waals surface area contributed by atoms with E-state index in [0.717, 1.165) is 25.1 Å². The van der Waals surface area contributed by atoms with Crippen LogP contribution in [0.3, 0.4) is 0 Å². The third kappa shape index (κ3) is 3.46. The zero-order chi connectivity index (χ0) is 15.0. The first kappa shape index (κ1) is 14.2. The lowest BCUT2D eigenvalue weighted by Gasteiger charge is -2.39. The fourth-order valence-corrected chi connectivity index (χ4v) is 2.25. The van der Waals surface area contributed by atoms with E-state index in [1.165, 1.54) is 6.07 Å². The summed E-state index contributed by atoms with van der Waals surface area (Å²) in [5.41, 5.74) is -0.971. The number of hydrogen-bond donors (Lipinski definition) is 0. The fraction of sp³-hybridized carbons (Fsp3) is 0.571. The molecular formula is C14H15F3N2O2. The van der Waals surface area contributed by atoms with Crippen molar-refractivity contribution in [3.8, 4) is 5.75 Å². The van der Waals surface area contributed by atoms with Gasteiger partial charge in [-0.2, -0.15) is 13.2 Å². The molecule has 3 rings (SSSR count). The van der Waals surface area contributed by atoms with E-state index < -0.39 is 11.9 Å². The number of ether oxygens (including phenoxy) is 1. The molecule has 2 fully saturated rings. The van der Waals surface area contributed by atoms with E-state index in [0.29, 0.717) is 25.4 Å². The first-order valence-corrected chi connectivity index (χ1v) is 6.89. The van der Waals surface area contributed by atoms with E-state index in [4.69, 9.17) is 4.74 Å². The van der Waals surface area contributed by atoms with Gasteiger partial charge in [0.1, 0.15) is 17.5 Å². The van der Waals surface area contributed by atoms with E-state index in [9.17, 15) is 18.0 Å². The number of hydrogen-bond acceptors (Lipinski definition) is 3. The monoisotopic (exact) mass is 300 g/mol. The van der Waals surface area contributed by atoms with E-state index >= 15 is 0 Å². The Balaban J connectivity index is 1.51. The minimum absolute atomic E-state index is 0.114. The number of carbonyl (C=O) groups is 1. The van der Waals surface area contributed by atoms with Gasteiger partial charge in [0, 0.05) is 18.7 Å². The highest BCUT2D eigenvalue weighted by Gasteiger charge is 2.36. The molecule has 0 N–H and O–H groups in total. The smallest absolute Gasteiger partial charge is 0.433 e. The van der Waals surface area contributed by atoms with Gasteiger partial charge in [-0.25, -0.2) is 0 Å². The van der Waals surface area contributed by atoms with Gasteiger partial charge in [0.2, 0.25) is 5.91 Å². The van der Waals surface area contributed by atoms with E-state index in [1.807, 2.05) is 0 Å². The van der Waals surface area contributed by atoms with Crippen LogP contribution >= 0.6 is 0 Å². The van der Waals surface area contributed by atoms with Crippen molar-refractivity contribution in [2.24, 2.45) is 5.92 Å². The molecule has 1 aromatic heterocycles. The molecule has 114 valence electrons. The number of pyridine rings is 1. The van der Waals surface area contributed by atoms with Gasteiger partial charge in [-0.15, -0.1) is 0 Å². The van der Waals surface area contributed by atoms with Crippen LogP contribution in [0.2, 0.25) is 0 Å².